The lowest BCUT2D eigenvalue weighted by Gasteiger charge is -2.32. The van der Waals surface area contributed by atoms with E-state index in [1.165, 1.54) is 18.7 Å². The molecule has 5 rings (SSSR count). The number of nitrogens with zero attached hydrogens (tertiary/aromatic N) is 3. The molecule has 1 aliphatic heterocycles. The van der Waals surface area contributed by atoms with Crippen molar-refractivity contribution in [1.82, 2.24) is 19.4 Å². The van der Waals surface area contributed by atoms with Gasteiger partial charge in [0.1, 0.15) is 5.82 Å². The number of imidazole rings is 1. The normalized spacial score (nSPS) is 18.5. The van der Waals surface area contributed by atoms with E-state index in [2.05, 4.69) is 20.7 Å². The summed E-state index contributed by atoms with van der Waals surface area (Å²) >= 11 is 0. The van der Waals surface area contributed by atoms with Gasteiger partial charge >= 0.3 is 0 Å². The molecule has 0 spiro atoms. The Morgan fingerprint density at radius 3 is 2.81 bits per heavy atom. The topological polar surface area (TPSA) is 53.9 Å². The maximum atomic E-state index is 12.9. The van der Waals surface area contributed by atoms with E-state index in [0.717, 1.165) is 54.9 Å². The highest BCUT2D eigenvalue weighted by Gasteiger charge is 2.29. The number of benzene rings is 1. The van der Waals surface area contributed by atoms with Gasteiger partial charge in [-0.1, -0.05) is 6.07 Å². The van der Waals surface area contributed by atoms with Crippen LogP contribution in [-0.4, -0.2) is 38.4 Å². The fraction of sp³-hybridized carbons (Fsp3) is 0.429. The molecule has 1 N–H and O–H groups in total. The van der Waals surface area contributed by atoms with Crippen LogP contribution < -0.4 is 0 Å². The molecule has 0 unspecified atom stereocenters. The lowest BCUT2D eigenvalue weighted by molar-refractivity contribution is 0.0710. The molecule has 1 saturated carbocycles. The van der Waals surface area contributed by atoms with Gasteiger partial charge in [0.15, 0.2) is 0 Å². The van der Waals surface area contributed by atoms with Crippen molar-refractivity contribution in [3.05, 3.63) is 54.2 Å². The van der Waals surface area contributed by atoms with E-state index in [4.69, 9.17) is 0 Å². The first-order valence-electron chi connectivity index (χ1n) is 9.65. The fourth-order valence-electron chi connectivity index (χ4n) is 4.12. The zero-order valence-electron chi connectivity index (χ0n) is 14.9. The SMILES string of the molecule is O=C(c1ccc2cc[nH]c2c1)N1CCC(c2nccn2CC2CC2)CC1. The third-order valence-corrected chi connectivity index (χ3v) is 5.85. The summed E-state index contributed by atoms with van der Waals surface area (Å²) in [4.78, 5) is 22.7. The first-order valence-corrected chi connectivity index (χ1v) is 9.65. The highest BCUT2D eigenvalue weighted by molar-refractivity contribution is 5.98. The van der Waals surface area contributed by atoms with Crippen molar-refractivity contribution >= 4 is 16.8 Å². The first kappa shape index (κ1) is 15.7. The monoisotopic (exact) mass is 348 g/mol. The second-order valence-corrected chi connectivity index (χ2v) is 7.73. The maximum Gasteiger partial charge on any atom is 0.253 e. The second kappa shape index (κ2) is 6.31. The Hall–Kier alpha value is -2.56. The third kappa shape index (κ3) is 2.91. The second-order valence-electron chi connectivity index (χ2n) is 7.73. The summed E-state index contributed by atoms with van der Waals surface area (Å²) in [6.07, 6.45) is 10.7. The Morgan fingerprint density at radius 1 is 1.15 bits per heavy atom. The van der Waals surface area contributed by atoms with E-state index in [1.807, 2.05) is 41.6 Å². The predicted molar refractivity (Wildman–Crippen MR) is 101 cm³/mol. The largest absolute Gasteiger partial charge is 0.361 e. The minimum absolute atomic E-state index is 0.140. The van der Waals surface area contributed by atoms with E-state index in [1.54, 1.807) is 0 Å². The number of carbonyl (C=O) groups excluding carboxylic acids is 1. The van der Waals surface area contributed by atoms with Gasteiger partial charge in [-0.2, -0.15) is 0 Å². The van der Waals surface area contributed by atoms with Crippen LogP contribution in [0.1, 0.15) is 47.8 Å². The number of piperidine rings is 1. The smallest absolute Gasteiger partial charge is 0.253 e. The van der Waals surface area contributed by atoms with Crippen molar-refractivity contribution in [2.45, 2.75) is 38.1 Å². The molecular formula is C21H24N4O. The van der Waals surface area contributed by atoms with Crippen molar-refractivity contribution in [2.24, 2.45) is 5.92 Å². The molecule has 1 aromatic carbocycles. The van der Waals surface area contributed by atoms with E-state index in [-0.39, 0.29) is 5.91 Å². The van der Waals surface area contributed by atoms with Gasteiger partial charge < -0.3 is 14.5 Å². The molecule has 0 bridgehead atoms. The maximum absolute atomic E-state index is 12.9. The van der Waals surface area contributed by atoms with Gasteiger partial charge in [-0.3, -0.25) is 4.79 Å². The van der Waals surface area contributed by atoms with Gasteiger partial charge in [0.05, 0.1) is 0 Å². The molecule has 2 aromatic heterocycles. The molecule has 0 radical (unpaired) electrons. The van der Waals surface area contributed by atoms with Crippen LogP contribution in [0.4, 0.5) is 0 Å². The van der Waals surface area contributed by atoms with Crippen LogP contribution in [0.25, 0.3) is 10.9 Å². The van der Waals surface area contributed by atoms with Gasteiger partial charge in [-0.25, -0.2) is 4.98 Å². The number of hydrogen-bond acceptors (Lipinski definition) is 2. The number of rotatable bonds is 4. The van der Waals surface area contributed by atoms with Crippen molar-refractivity contribution in [3.8, 4) is 0 Å². The number of nitrogens with one attached hydrogen (secondary N) is 1. The van der Waals surface area contributed by atoms with Crippen molar-refractivity contribution in [2.75, 3.05) is 13.1 Å². The van der Waals surface area contributed by atoms with E-state index in [0.29, 0.717) is 5.92 Å². The number of fused-ring (bicyclic) bond motifs is 1. The Kier molecular flexibility index (Phi) is 3.80. The summed E-state index contributed by atoms with van der Waals surface area (Å²) in [6.45, 7) is 2.73. The van der Waals surface area contributed by atoms with Gasteiger partial charge in [-0.05, 0) is 55.2 Å². The van der Waals surface area contributed by atoms with Crippen LogP contribution >= 0.6 is 0 Å². The van der Waals surface area contributed by atoms with Crippen LogP contribution in [0.3, 0.4) is 0 Å². The number of aromatic amines is 1. The molecule has 0 atom stereocenters. The molecule has 2 aliphatic rings. The molecule has 1 amide bonds. The quantitative estimate of drug-likeness (QED) is 0.780. The van der Waals surface area contributed by atoms with Crippen LogP contribution in [0.2, 0.25) is 0 Å². The molecule has 26 heavy (non-hydrogen) atoms. The average Bonchev–Trinajstić information content (AvgIpc) is 3.17. The number of H-pyrrole nitrogens is 1. The molecule has 2 fully saturated rings. The zero-order valence-corrected chi connectivity index (χ0v) is 14.9. The van der Waals surface area contributed by atoms with Gasteiger partial charge in [0.25, 0.3) is 5.91 Å². The molecule has 5 nitrogen and oxygen atoms in total. The lowest BCUT2D eigenvalue weighted by Crippen LogP contribution is -2.38. The molecule has 3 heterocycles. The summed E-state index contributed by atoms with van der Waals surface area (Å²) in [5.41, 5.74) is 1.79. The van der Waals surface area contributed by atoms with Gasteiger partial charge in [-0.15, -0.1) is 0 Å². The zero-order chi connectivity index (χ0) is 17.5. The van der Waals surface area contributed by atoms with Crippen LogP contribution in [0.15, 0.2) is 42.9 Å². The average molecular weight is 348 g/mol. The molecule has 1 saturated heterocycles. The highest BCUT2D eigenvalue weighted by atomic mass is 16.2. The van der Waals surface area contributed by atoms with Crippen molar-refractivity contribution < 1.29 is 4.79 Å². The van der Waals surface area contributed by atoms with Crippen LogP contribution in [-0.2, 0) is 6.54 Å². The first-order chi connectivity index (χ1) is 12.8. The lowest BCUT2D eigenvalue weighted by atomic mass is 9.95. The van der Waals surface area contributed by atoms with Crippen LogP contribution in [0.5, 0.6) is 0 Å². The molecule has 1 aliphatic carbocycles. The summed E-state index contributed by atoms with van der Waals surface area (Å²) in [5.74, 6) is 2.68. The Balaban J connectivity index is 1.26. The van der Waals surface area contributed by atoms with E-state index < -0.39 is 0 Å². The molecule has 3 aromatic rings. The Bertz CT molecular complexity index is 928. The Morgan fingerprint density at radius 2 is 2.00 bits per heavy atom. The number of aromatic nitrogens is 3. The van der Waals surface area contributed by atoms with E-state index >= 15 is 0 Å². The van der Waals surface area contributed by atoms with E-state index in [9.17, 15) is 4.79 Å². The van der Waals surface area contributed by atoms with Crippen molar-refractivity contribution in [3.63, 3.8) is 0 Å². The van der Waals surface area contributed by atoms with Gasteiger partial charge in [0, 0.05) is 55.2 Å². The van der Waals surface area contributed by atoms with Crippen LogP contribution in [0, 0.1) is 5.92 Å². The minimum atomic E-state index is 0.140. The fourth-order valence-corrected chi connectivity index (χ4v) is 4.12. The number of amides is 1. The minimum Gasteiger partial charge on any atom is -0.361 e. The molecular weight excluding hydrogens is 324 g/mol. The Labute approximate surface area is 153 Å². The summed E-state index contributed by atoms with van der Waals surface area (Å²) in [5, 5.41) is 1.14. The number of carbonyl (C=O) groups is 1. The van der Waals surface area contributed by atoms with Gasteiger partial charge in [0.2, 0.25) is 0 Å². The number of likely N-dealkylation sites (tertiary alicyclic amines) is 1. The highest BCUT2D eigenvalue weighted by Crippen LogP contribution is 2.33. The number of hydrogen-bond donors (Lipinski definition) is 1. The molecule has 5 heteroatoms. The predicted octanol–water partition coefficient (Wildman–Crippen LogP) is 3.79. The summed E-state index contributed by atoms with van der Waals surface area (Å²) in [6, 6.07) is 7.94. The third-order valence-electron chi connectivity index (χ3n) is 5.85. The summed E-state index contributed by atoms with van der Waals surface area (Å²) in [7, 11) is 0. The summed E-state index contributed by atoms with van der Waals surface area (Å²) < 4.78 is 2.35. The standard InChI is InChI=1S/C21H24N4O/c26-21(18-4-3-16-5-8-22-19(16)13-18)24-10-6-17(7-11-24)20-23-9-12-25(20)14-15-1-2-15/h3-5,8-9,12-13,15,17,22H,1-2,6-7,10-11,14H2. The van der Waals surface area contributed by atoms with Crippen molar-refractivity contribution in [1.29, 1.82) is 0 Å². The molecule has 134 valence electrons.